The van der Waals surface area contributed by atoms with Gasteiger partial charge in [-0.05, 0) is 6.92 Å². The molecular formula is C5H7FO2. The first-order valence-corrected chi connectivity index (χ1v) is 2.13. The molecule has 0 aromatic rings. The van der Waals surface area contributed by atoms with Crippen molar-refractivity contribution in [3.8, 4) is 0 Å². The highest BCUT2D eigenvalue weighted by Gasteiger charge is 2.03. The number of rotatable bonds is 2. The summed E-state index contributed by atoms with van der Waals surface area (Å²) < 4.78 is 22.4. The normalized spacial score (nSPS) is 12.8. The van der Waals surface area contributed by atoms with Crippen molar-refractivity contribution in [3.63, 3.8) is 0 Å². The Labute approximate surface area is 48.4 Å². The van der Waals surface area contributed by atoms with E-state index in [2.05, 4.69) is 4.74 Å². The Morgan fingerprint density at radius 2 is 2.75 bits per heavy atom. The molecule has 0 amide bonds. The van der Waals surface area contributed by atoms with Gasteiger partial charge in [-0.15, -0.1) is 0 Å². The van der Waals surface area contributed by atoms with Gasteiger partial charge in [0.05, 0.1) is 7.98 Å². The highest BCUT2D eigenvalue weighted by Crippen LogP contribution is 1.93. The molecule has 0 saturated heterocycles. The van der Waals surface area contributed by atoms with Gasteiger partial charge < -0.3 is 4.74 Å². The maximum absolute atomic E-state index is 11.9. The van der Waals surface area contributed by atoms with Gasteiger partial charge in [-0.2, -0.15) is 4.39 Å². The van der Waals surface area contributed by atoms with E-state index in [4.69, 9.17) is 1.37 Å². The van der Waals surface area contributed by atoms with Crippen molar-refractivity contribution < 1.29 is 15.3 Å². The summed E-state index contributed by atoms with van der Waals surface area (Å²) in [6, 6.07) is 0. The molecule has 0 N–H and O–H groups in total. The lowest BCUT2D eigenvalue weighted by Crippen LogP contribution is -2.02. The van der Waals surface area contributed by atoms with Crippen LogP contribution in [0, 0.1) is 0 Å². The maximum Gasteiger partial charge on any atom is 0.366 e. The van der Waals surface area contributed by atoms with Gasteiger partial charge in [0.1, 0.15) is 0 Å². The molecule has 0 aliphatic carbocycles. The lowest BCUT2D eigenvalue weighted by atomic mass is 10.6. The molecule has 0 atom stereocenters. The van der Waals surface area contributed by atoms with Crippen LogP contribution in [0.15, 0.2) is 12.4 Å². The predicted molar refractivity (Wildman–Crippen MR) is 26.9 cm³/mol. The third-order valence-corrected chi connectivity index (χ3v) is 0.470. The highest BCUT2D eigenvalue weighted by molar-refractivity contribution is 5.85. The predicted octanol–water partition coefficient (Wildman–Crippen LogP) is 1.03. The second-order valence-corrected chi connectivity index (χ2v) is 1.07. The molecule has 0 aliphatic rings. The van der Waals surface area contributed by atoms with Crippen LogP contribution in [-0.2, 0) is 9.53 Å². The molecule has 3 heteroatoms. The molecule has 0 aromatic heterocycles. The largest absolute Gasteiger partial charge is 0.461 e. The van der Waals surface area contributed by atoms with Crippen LogP contribution >= 0.6 is 0 Å². The van der Waals surface area contributed by atoms with Crippen LogP contribution in [0.3, 0.4) is 0 Å². The van der Waals surface area contributed by atoms with E-state index in [-0.39, 0.29) is 6.61 Å². The van der Waals surface area contributed by atoms with Crippen molar-refractivity contribution in [2.45, 2.75) is 6.92 Å². The summed E-state index contributed by atoms with van der Waals surface area (Å²) in [5.41, 5.74) is 0. The van der Waals surface area contributed by atoms with Gasteiger partial charge >= 0.3 is 5.97 Å². The zero-order valence-electron chi connectivity index (χ0n) is 5.48. The van der Waals surface area contributed by atoms with Crippen LogP contribution in [0.5, 0.6) is 0 Å². The minimum Gasteiger partial charge on any atom is -0.461 e. The fourth-order valence-electron chi connectivity index (χ4n) is 0.200. The molecule has 0 rings (SSSR count). The number of halogens is 1. The summed E-state index contributed by atoms with van der Waals surface area (Å²) in [5.74, 6) is -2.25. The Hall–Kier alpha value is -0.860. The Morgan fingerprint density at radius 3 is 3.12 bits per heavy atom. The van der Waals surface area contributed by atoms with E-state index < -0.39 is 11.8 Å². The van der Waals surface area contributed by atoms with Crippen molar-refractivity contribution in [1.82, 2.24) is 0 Å². The van der Waals surface area contributed by atoms with E-state index in [9.17, 15) is 9.18 Å². The zero-order chi connectivity index (χ0) is 7.28. The topological polar surface area (TPSA) is 26.3 Å². The van der Waals surface area contributed by atoms with E-state index in [1.54, 1.807) is 6.92 Å². The summed E-state index contributed by atoms with van der Waals surface area (Å²) in [4.78, 5) is 10.2. The summed E-state index contributed by atoms with van der Waals surface area (Å²) in [6.45, 7) is 2.01. The summed E-state index contributed by atoms with van der Waals surface area (Å²) in [7, 11) is 0. The third-order valence-electron chi connectivity index (χ3n) is 0.470. The molecule has 0 heterocycles. The Morgan fingerprint density at radius 1 is 2.12 bits per heavy atom. The summed E-state index contributed by atoms with van der Waals surface area (Å²) in [6.07, 6.45) is 0. The van der Waals surface area contributed by atoms with E-state index in [1.165, 1.54) is 0 Å². The third kappa shape index (κ3) is 2.34. The van der Waals surface area contributed by atoms with Crippen LogP contribution in [0.1, 0.15) is 8.29 Å². The highest BCUT2D eigenvalue weighted by atomic mass is 19.1. The Balaban J connectivity index is 3.74. The fraction of sp³-hybridized carbons (Fsp3) is 0.400. The maximum atomic E-state index is 11.9. The minimum atomic E-state index is -1.17. The number of carbonyl (C=O) groups is 1. The average molecular weight is 119 g/mol. The van der Waals surface area contributed by atoms with Gasteiger partial charge in [-0.25, -0.2) is 4.79 Å². The molecule has 0 unspecified atom stereocenters. The lowest BCUT2D eigenvalue weighted by molar-refractivity contribution is -0.140. The van der Waals surface area contributed by atoms with Crippen molar-refractivity contribution >= 4 is 5.97 Å². The van der Waals surface area contributed by atoms with Crippen LogP contribution in [-0.4, -0.2) is 12.6 Å². The standard InChI is InChI=1S/C5H7FO2/c1-3-8-5(7)4(2)6/h2-3H2,1H3/i2D/b4-2-. The van der Waals surface area contributed by atoms with Crippen molar-refractivity contribution in [2.24, 2.45) is 0 Å². The van der Waals surface area contributed by atoms with Crippen molar-refractivity contribution in [3.05, 3.63) is 12.4 Å². The molecule has 0 aliphatic heterocycles. The second-order valence-electron chi connectivity index (χ2n) is 1.07. The number of carbonyl (C=O) groups excluding carboxylic acids is 1. The quantitative estimate of drug-likeness (QED) is 0.401. The van der Waals surface area contributed by atoms with Gasteiger partial charge in [0.25, 0.3) is 0 Å². The van der Waals surface area contributed by atoms with Gasteiger partial charge in [0.15, 0.2) is 0 Å². The second kappa shape index (κ2) is 3.18. The van der Waals surface area contributed by atoms with Crippen LogP contribution < -0.4 is 0 Å². The zero-order valence-corrected chi connectivity index (χ0v) is 4.48. The molecule has 46 valence electrons. The molecule has 0 bridgehead atoms. The van der Waals surface area contributed by atoms with Gasteiger partial charge in [-0.1, -0.05) is 6.55 Å². The Bertz CT molecular complexity index is 133. The van der Waals surface area contributed by atoms with Crippen LogP contribution in [0.4, 0.5) is 4.39 Å². The summed E-state index contributed by atoms with van der Waals surface area (Å²) >= 11 is 0. The Kier molecular flexibility index (Phi) is 2.10. The van der Waals surface area contributed by atoms with Gasteiger partial charge in [-0.3, -0.25) is 0 Å². The molecule has 0 radical (unpaired) electrons. The number of ether oxygens (including phenoxy) is 1. The SMILES string of the molecule is [2H]/C=C(\F)C(=O)OCC. The number of hydrogen-bond donors (Lipinski definition) is 0. The smallest absolute Gasteiger partial charge is 0.366 e. The van der Waals surface area contributed by atoms with E-state index >= 15 is 0 Å². The minimum absolute atomic E-state index is 0.125. The first-order valence-electron chi connectivity index (χ1n) is 2.71. The number of esters is 1. The molecule has 0 aromatic carbocycles. The van der Waals surface area contributed by atoms with Gasteiger partial charge in [0, 0.05) is 0 Å². The first kappa shape index (κ1) is 5.28. The first-order chi connectivity index (χ1) is 4.22. The molecule has 2 nitrogen and oxygen atoms in total. The monoisotopic (exact) mass is 119 g/mol. The number of hydrogen-bond acceptors (Lipinski definition) is 2. The molecule has 0 spiro atoms. The molecule has 0 fully saturated rings. The lowest BCUT2D eigenvalue weighted by Gasteiger charge is -1.94. The average Bonchev–Trinajstić information content (AvgIpc) is 1.87. The summed E-state index contributed by atoms with van der Waals surface area (Å²) in [5, 5.41) is 0. The van der Waals surface area contributed by atoms with Crippen LogP contribution in [0.25, 0.3) is 0 Å². The van der Waals surface area contributed by atoms with Crippen molar-refractivity contribution in [1.29, 1.82) is 0 Å². The van der Waals surface area contributed by atoms with E-state index in [1.807, 2.05) is 0 Å². The van der Waals surface area contributed by atoms with Gasteiger partial charge in [0.2, 0.25) is 5.83 Å². The molecular weight excluding hydrogens is 111 g/mol. The van der Waals surface area contributed by atoms with E-state index in [0.29, 0.717) is 6.55 Å². The van der Waals surface area contributed by atoms with E-state index in [0.717, 1.165) is 0 Å². The molecule has 8 heavy (non-hydrogen) atoms. The molecule has 0 saturated carbocycles. The van der Waals surface area contributed by atoms with Crippen molar-refractivity contribution in [2.75, 3.05) is 6.61 Å². The van der Waals surface area contributed by atoms with Crippen LogP contribution in [0.2, 0.25) is 0 Å². The fourth-order valence-corrected chi connectivity index (χ4v) is 0.200.